The van der Waals surface area contributed by atoms with Crippen LogP contribution in [0.5, 0.6) is 0 Å². The molecule has 4 nitrogen and oxygen atoms in total. The first-order valence-corrected chi connectivity index (χ1v) is 5.43. The summed E-state index contributed by atoms with van der Waals surface area (Å²) < 4.78 is 0. The maximum absolute atomic E-state index is 12.0. The monoisotopic (exact) mass is 231 g/mol. The Morgan fingerprint density at radius 2 is 1.88 bits per heavy atom. The lowest BCUT2D eigenvalue weighted by molar-refractivity contribution is -0.134. The molecule has 0 radical (unpaired) electrons. The lowest BCUT2D eigenvalue weighted by Crippen LogP contribution is -2.50. The maximum atomic E-state index is 12.0. The van der Waals surface area contributed by atoms with Crippen molar-refractivity contribution in [3.05, 3.63) is 47.7 Å². The number of aliphatic hydroxyl groups excluding tert-OH is 1. The van der Waals surface area contributed by atoms with E-state index in [-0.39, 0.29) is 0 Å². The van der Waals surface area contributed by atoms with Crippen molar-refractivity contribution >= 4 is 11.8 Å². The van der Waals surface area contributed by atoms with Gasteiger partial charge in [-0.3, -0.25) is 14.9 Å². The van der Waals surface area contributed by atoms with Gasteiger partial charge in [-0.2, -0.15) is 0 Å². The van der Waals surface area contributed by atoms with Crippen LogP contribution in [0, 0.1) is 0 Å². The lowest BCUT2D eigenvalue weighted by Gasteiger charge is -2.31. The Hall–Kier alpha value is -2.10. The minimum atomic E-state index is -0.959. The van der Waals surface area contributed by atoms with Crippen molar-refractivity contribution in [3.63, 3.8) is 0 Å². The van der Waals surface area contributed by atoms with Gasteiger partial charge in [0.25, 0.3) is 5.91 Å². The number of hydrogen-bond donors (Lipinski definition) is 2. The molecule has 1 heterocycles. The predicted molar refractivity (Wildman–Crippen MR) is 62.3 cm³/mol. The second-order valence-corrected chi connectivity index (χ2v) is 4.00. The fourth-order valence-corrected chi connectivity index (χ4v) is 2.06. The molecule has 0 unspecified atom stereocenters. The molecule has 1 atom stereocenters. The predicted octanol–water partition coefficient (Wildman–Crippen LogP) is 1.43. The molecular formula is C13H13NO3. The Kier molecular flexibility index (Phi) is 2.71. The highest BCUT2D eigenvalue weighted by molar-refractivity contribution is 6.10. The van der Waals surface area contributed by atoms with Crippen LogP contribution in [0.25, 0.3) is 0 Å². The summed E-state index contributed by atoms with van der Waals surface area (Å²) in [5.41, 5.74) is -0.196. The third-order valence-corrected chi connectivity index (χ3v) is 3.09. The summed E-state index contributed by atoms with van der Waals surface area (Å²) in [6, 6.07) is 9.11. The van der Waals surface area contributed by atoms with E-state index >= 15 is 0 Å². The van der Waals surface area contributed by atoms with E-state index < -0.39 is 23.0 Å². The first-order valence-electron chi connectivity index (χ1n) is 5.43. The molecule has 0 bridgehead atoms. The van der Waals surface area contributed by atoms with Crippen LogP contribution in [0.15, 0.2) is 42.2 Å². The van der Waals surface area contributed by atoms with Crippen LogP contribution < -0.4 is 5.32 Å². The number of nitrogens with one attached hydrogen (secondary N) is 1. The highest BCUT2D eigenvalue weighted by atomic mass is 16.3. The Morgan fingerprint density at radius 3 is 2.47 bits per heavy atom. The van der Waals surface area contributed by atoms with Crippen molar-refractivity contribution in [2.75, 3.05) is 0 Å². The molecule has 17 heavy (non-hydrogen) atoms. The number of amides is 2. The van der Waals surface area contributed by atoms with E-state index in [1.54, 1.807) is 0 Å². The third-order valence-electron chi connectivity index (χ3n) is 3.09. The highest BCUT2D eigenvalue weighted by Gasteiger charge is 2.42. The average molecular weight is 231 g/mol. The van der Waals surface area contributed by atoms with Gasteiger partial charge in [0.15, 0.2) is 5.76 Å². The van der Waals surface area contributed by atoms with Crippen LogP contribution in [0.3, 0.4) is 0 Å². The molecule has 1 aromatic carbocycles. The number of imide groups is 1. The Bertz CT molecular complexity index is 493. The second kappa shape index (κ2) is 4.05. The van der Waals surface area contributed by atoms with E-state index in [4.69, 9.17) is 0 Å². The van der Waals surface area contributed by atoms with Gasteiger partial charge < -0.3 is 5.11 Å². The lowest BCUT2D eigenvalue weighted by atomic mass is 9.75. The molecule has 2 rings (SSSR count). The van der Waals surface area contributed by atoms with Gasteiger partial charge >= 0.3 is 0 Å². The average Bonchev–Trinajstić information content (AvgIpc) is 2.35. The van der Waals surface area contributed by atoms with E-state index in [9.17, 15) is 14.7 Å². The Morgan fingerprint density at radius 1 is 1.24 bits per heavy atom. The molecule has 1 aromatic rings. The standard InChI is InChI=1S/C13H13NO3/c1-2-13(9-6-4-3-5-7-9)8-10(15)11(16)14-12(13)17/h3-8,15H,2H2,1H3,(H,14,16,17)/t13-/m0/s1. The minimum Gasteiger partial charge on any atom is -0.503 e. The summed E-state index contributed by atoms with van der Waals surface area (Å²) in [5, 5.41) is 11.7. The quantitative estimate of drug-likeness (QED) is 0.757. The maximum Gasteiger partial charge on any atom is 0.292 e. The molecule has 0 saturated heterocycles. The highest BCUT2D eigenvalue weighted by Crippen LogP contribution is 2.32. The Labute approximate surface area is 99.0 Å². The molecule has 1 aliphatic rings. The third kappa shape index (κ3) is 1.71. The van der Waals surface area contributed by atoms with E-state index in [2.05, 4.69) is 5.32 Å². The van der Waals surface area contributed by atoms with Crippen molar-refractivity contribution in [2.45, 2.75) is 18.8 Å². The molecular weight excluding hydrogens is 218 g/mol. The van der Waals surface area contributed by atoms with Crippen LogP contribution in [0.4, 0.5) is 0 Å². The largest absolute Gasteiger partial charge is 0.503 e. The van der Waals surface area contributed by atoms with Gasteiger partial charge in [-0.1, -0.05) is 37.3 Å². The number of carbonyl (C=O) groups is 2. The first-order chi connectivity index (χ1) is 8.10. The topological polar surface area (TPSA) is 66.4 Å². The van der Waals surface area contributed by atoms with Crippen LogP contribution in [0.1, 0.15) is 18.9 Å². The van der Waals surface area contributed by atoms with Gasteiger partial charge in [-0.15, -0.1) is 0 Å². The summed E-state index contributed by atoms with van der Waals surface area (Å²) in [5.74, 6) is -1.54. The summed E-state index contributed by atoms with van der Waals surface area (Å²) in [6.07, 6.45) is 1.81. The zero-order valence-corrected chi connectivity index (χ0v) is 9.43. The first kappa shape index (κ1) is 11.4. The van der Waals surface area contributed by atoms with Crippen molar-refractivity contribution in [3.8, 4) is 0 Å². The van der Waals surface area contributed by atoms with Gasteiger partial charge in [0.1, 0.15) is 0 Å². The van der Waals surface area contributed by atoms with E-state index in [1.165, 1.54) is 6.08 Å². The van der Waals surface area contributed by atoms with Crippen LogP contribution >= 0.6 is 0 Å². The van der Waals surface area contributed by atoms with Crippen LogP contribution in [0.2, 0.25) is 0 Å². The number of hydrogen-bond acceptors (Lipinski definition) is 3. The zero-order chi connectivity index (χ0) is 12.5. The van der Waals surface area contributed by atoms with E-state index in [0.29, 0.717) is 6.42 Å². The summed E-state index contributed by atoms with van der Waals surface area (Å²) in [6.45, 7) is 1.84. The van der Waals surface area contributed by atoms with Crippen LogP contribution in [-0.4, -0.2) is 16.9 Å². The second-order valence-electron chi connectivity index (χ2n) is 4.00. The van der Waals surface area contributed by atoms with Crippen molar-refractivity contribution < 1.29 is 14.7 Å². The van der Waals surface area contributed by atoms with Gasteiger partial charge in [0, 0.05) is 0 Å². The number of benzene rings is 1. The van der Waals surface area contributed by atoms with Crippen LogP contribution in [-0.2, 0) is 15.0 Å². The molecule has 0 saturated carbocycles. The molecule has 2 N–H and O–H groups in total. The van der Waals surface area contributed by atoms with Crippen molar-refractivity contribution in [1.29, 1.82) is 0 Å². The molecule has 88 valence electrons. The fourth-order valence-electron chi connectivity index (χ4n) is 2.06. The van der Waals surface area contributed by atoms with Gasteiger partial charge in [0.05, 0.1) is 5.41 Å². The molecule has 1 aliphatic heterocycles. The molecule has 0 spiro atoms. The van der Waals surface area contributed by atoms with Crippen molar-refractivity contribution in [1.82, 2.24) is 5.32 Å². The Balaban J connectivity index is 2.59. The van der Waals surface area contributed by atoms with Crippen molar-refractivity contribution in [2.24, 2.45) is 0 Å². The summed E-state index contributed by atoms with van der Waals surface area (Å²) in [4.78, 5) is 23.2. The minimum absolute atomic E-state index is 0.394. The van der Waals surface area contributed by atoms with E-state index in [1.807, 2.05) is 37.3 Å². The molecule has 0 aromatic heterocycles. The molecule has 4 heteroatoms. The summed E-state index contributed by atoms with van der Waals surface area (Å²) in [7, 11) is 0. The van der Waals surface area contributed by atoms with Gasteiger partial charge in [-0.05, 0) is 18.1 Å². The number of aliphatic hydroxyl groups is 1. The smallest absolute Gasteiger partial charge is 0.292 e. The molecule has 0 fully saturated rings. The number of carbonyl (C=O) groups excluding carboxylic acids is 2. The number of rotatable bonds is 2. The summed E-state index contributed by atoms with van der Waals surface area (Å²) >= 11 is 0. The molecule has 2 amide bonds. The zero-order valence-electron chi connectivity index (χ0n) is 9.43. The fraction of sp³-hybridized carbons (Fsp3) is 0.231. The van der Waals surface area contributed by atoms with Gasteiger partial charge in [0.2, 0.25) is 5.91 Å². The normalized spacial score (nSPS) is 24.2. The molecule has 0 aliphatic carbocycles. The van der Waals surface area contributed by atoms with Gasteiger partial charge in [-0.25, -0.2) is 0 Å². The van der Waals surface area contributed by atoms with E-state index in [0.717, 1.165) is 5.56 Å². The SMILES string of the molecule is CC[C@@]1(c2ccccc2)C=C(O)C(=O)NC1=O.